The Morgan fingerprint density at radius 2 is 2.00 bits per heavy atom. The van der Waals surface area contributed by atoms with Crippen LogP contribution in [-0.2, 0) is 0 Å². The van der Waals surface area contributed by atoms with Crippen LogP contribution in [0.2, 0.25) is 0 Å². The van der Waals surface area contributed by atoms with Crippen molar-refractivity contribution < 1.29 is 9.84 Å². The number of aliphatic hydroxyl groups excluding tert-OH is 1. The number of ether oxygens (including phenoxy) is 1. The number of aryl methyl sites for hydroxylation is 1. The topological polar surface area (TPSA) is 29.5 Å². The van der Waals surface area contributed by atoms with Gasteiger partial charge >= 0.3 is 0 Å². The molecule has 0 saturated carbocycles. The second kappa shape index (κ2) is 4.88. The molecule has 0 amide bonds. The van der Waals surface area contributed by atoms with Crippen LogP contribution in [0.25, 0.3) is 0 Å². The minimum Gasteiger partial charge on any atom is -0.496 e. The predicted octanol–water partition coefficient (Wildman–Crippen LogP) is 3.47. The van der Waals surface area contributed by atoms with Crippen molar-refractivity contribution >= 4 is 0 Å². The second-order valence-electron chi connectivity index (χ2n) is 4.97. The third-order valence-electron chi connectivity index (χ3n) is 3.39. The number of methoxy groups -OCH3 is 1. The maximum Gasteiger partial charge on any atom is 0.121 e. The van der Waals surface area contributed by atoms with E-state index in [4.69, 9.17) is 4.74 Å². The van der Waals surface area contributed by atoms with Gasteiger partial charge in [-0.1, -0.05) is 26.8 Å². The monoisotopic (exact) mass is 222 g/mol. The van der Waals surface area contributed by atoms with Crippen LogP contribution in [0.3, 0.4) is 0 Å². The van der Waals surface area contributed by atoms with Crippen LogP contribution in [-0.4, -0.2) is 12.2 Å². The molecule has 0 bridgehead atoms. The first kappa shape index (κ1) is 13.0. The number of hydrogen-bond donors (Lipinski definition) is 1. The zero-order chi connectivity index (χ0) is 12.3. The zero-order valence-corrected chi connectivity index (χ0v) is 10.9. The van der Waals surface area contributed by atoms with E-state index in [0.717, 1.165) is 23.3 Å². The molecule has 0 radical (unpaired) electrons. The largest absolute Gasteiger partial charge is 0.496 e. The van der Waals surface area contributed by atoms with Gasteiger partial charge in [-0.05, 0) is 42.0 Å². The first-order chi connectivity index (χ1) is 7.42. The van der Waals surface area contributed by atoms with Gasteiger partial charge in [0.2, 0.25) is 0 Å². The molecule has 1 unspecified atom stereocenters. The molecular formula is C14H22O2. The number of hydrogen-bond acceptors (Lipinski definition) is 2. The van der Waals surface area contributed by atoms with E-state index in [1.165, 1.54) is 0 Å². The fourth-order valence-electron chi connectivity index (χ4n) is 1.72. The molecule has 0 aliphatic rings. The van der Waals surface area contributed by atoms with E-state index < -0.39 is 6.10 Å². The van der Waals surface area contributed by atoms with Crippen molar-refractivity contribution in [2.24, 2.45) is 5.41 Å². The molecule has 2 heteroatoms. The number of rotatable bonds is 4. The molecule has 1 rings (SSSR count). The highest BCUT2D eigenvalue weighted by atomic mass is 16.5. The summed E-state index contributed by atoms with van der Waals surface area (Å²) in [5.74, 6) is 0.866. The van der Waals surface area contributed by atoms with Gasteiger partial charge in [-0.25, -0.2) is 0 Å². The van der Waals surface area contributed by atoms with Crippen molar-refractivity contribution in [1.29, 1.82) is 0 Å². The zero-order valence-electron chi connectivity index (χ0n) is 10.9. The third kappa shape index (κ3) is 2.56. The van der Waals surface area contributed by atoms with Crippen molar-refractivity contribution in [3.05, 3.63) is 29.3 Å². The van der Waals surface area contributed by atoms with Crippen LogP contribution in [0.5, 0.6) is 5.75 Å². The lowest BCUT2D eigenvalue weighted by molar-refractivity contribution is 0.0465. The van der Waals surface area contributed by atoms with Crippen LogP contribution in [0.4, 0.5) is 0 Å². The van der Waals surface area contributed by atoms with Gasteiger partial charge in [0.25, 0.3) is 0 Å². The van der Waals surface area contributed by atoms with Gasteiger partial charge in [0, 0.05) is 0 Å². The maximum absolute atomic E-state index is 10.3. The van der Waals surface area contributed by atoms with Crippen molar-refractivity contribution in [3.63, 3.8) is 0 Å². The quantitative estimate of drug-likeness (QED) is 0.845. The summed E-state index contributed by atoms with van der Waals surface area (Å²) in [6, 6.07) is 5.86. The first-order valence-corrected chi connectivity index (χ1v) is 5.75. The Morgan fingerprint density at radius 1 is 1.38 bits per heavy atom. The Labute approximate surface area is 98.3 Å². The predicted molar refractivity (Wildman–Crippen MR) is 66.8 cm³/mol. The van der Waals surface area contributed by atoms with E-state index in [1.54, 1.807) is 7.11 Å². The summed E-state index contributed by atoms with van der Waals surface area (Å²) in [7, 11) is 1.66. The normalized spacial score (nSPS) is 13.6. The number of benzene rings is 1. The van der Waals surface area contributed by atoms with E-state index in [-0.39, 0.29) is 5.41 Å². The van der Waals surface area contributed by atoms with Crippen LogP contribution >= 0.6 is 0 Å². The molecule has 1 N–H and O–H groups in total. The average Bonchev–Trinajstić information content (AvgIpc) is 2.27. The Bertz CT molecular complexity index is 356. The van der Waals surface area contributed by atoms with E-state index >= 15 is 0 Å². The Morgan fingerprint density at radius 3 is 2.44 bits per heavy atom. The average molecular weight is 222 g/mol. The molecule has 1 atom stereocenters. The minimum absolute atomic E-state index is 0.0962. The van der Waals surface area contributed by atoms with Gasteiger partial charge in [-0.2, -0.15) is 0 Å². The van der Waals surface area contributed by atoms with Gasteiger partial charge in [0.1, 0.15) is 5.75 Å². The summed E-state index contributed by atoms with van der Waals surface area (Å²) in [5, 5.41) is 10.3. The molecule has 0 heterocycles. The summed E-state index contributed by atoms with van der Waals surface area (Å²) in [5.41, 5.74) is 1.93. The van der Waals surface area contributed by atoms with Gasteiger partial charge in [0.05, 0.1) is 13.2 Å². The molecule has 16 heavy (non-hydrogen) atoms. The van der Waals surface area contributed by atoms with E-state index in [9.17, 15) is 5.11 Å². The van der Waals surface area contributed by atoms with Gasteiger partial charge in [0.15, 0.2) is 0 Å². The van der Waals surface area contributed by atoms with Crippen molar-refractivity contribution in [3.8, 4) is 5.75 Å². The molecule has 0 saturated heterocycles. The highest BCUT2D eigenvalue weighted by molar-refractivity contribution is 5.37. The Hall–Kier alpha value is -1.02. The first-order valence-electron chi connectivity index (χ1n) is 5.75. The summed E-state index contributed by atoms with van der Waals surface area (Å²) in [6.07, 6.45) is 0.515. The fraction of sp³-hybridized carbons (Fsp3) is 0.571. The summed E-state index contributed by atoms with van der Waals surface area (Å²) < 4.78 is 5.21. The molecule has 0 aliphatic carbocycles. The molecular weight excluding hydrogens is 200 g/mol. The van der Waals surface area contributed by atoms with Crippen LogP contribution in [0, 0.1) is 12.3 Å². The molecule has 2 nitrogen and oxygen atoms in total. The lowest BCUT2D eigenvalue weighted by Gasteiger charge is -2.29. The smallest absolute Gasteiger partial charge is 0.121 e. The maximum atomic E-state index is 10.3. The second-order valence-corrected chi connectivity index (χ2v) is 4.97. The van der Waals surface area contributed by atoms with Gasteiger partial charge in [-0.15, -0.1) is 0 Å². The Kier molecular flexibility index (Phi) is 3.98. The molecule has 0 spiro atoms. The minimum atomic E-state index is -0.429. The van der Waals surface area contributed by atoms with E-state index in [1.807, 2.05) is 25.1 Å². The van der Waals surface area contributed by atoms with E-state index in [0.29, 0.717) is 0 Å². The summed E-state index contributed by atoms with van der Waals surface area (Å²) in [6.45, 7) is 8.25. The highest BCUT2D eigenvalue weighted by Crippen LogP contribution is 2.37. The molecule has 1 aromatic rings. The third-order valence-corrected chi connectivity index (χ3v) is 3.39. The molecule has 0 aromatic heterocycles. The summed E-state index contributed by atoms with van der Waals surface area (Å²) >= 11 is 0. The van der Waals surface area contributed by atoms with Crippen molar-refractivity contribution in [2.75, 3.05) is 7.11 Å². The SMILES string of the molecule is CCC(C)(C)C(O)c1ccc(OC)c(C)c1. The van der Waals surface area contributed by atoms with E-state index in [2.05, 4.69) is 20.8 Å². The van der Waals surface area contributed by atoms with Gasteiger partial charge in [-0.3, -0.25) is 0 Å². The van der Waals surface area contributed by atoms with Crippen LogP contribution in [0.1, 0.15) is 44.4 Å². The van der Waals surface area contributed by atoms with Crippen molar-refractivity contribution in [1.82, 2.24) is 0 Å². The highest BCUT2D eigenvalue weighted by Gasteiger charge is 2.27. The summed E-state index contributed by atoms with van der Waals surface area (Å²) in [4.78, 5) is 0. The molecule has 90 valence electrons. The number of aliphatic hydroxyl groups is 1. The lowest BCUT2D eigenvalue weighted by Crippen LogP contribution is -2.21. The Balaban J connectivity index is 3.02. The molecule has 0 fully saturated rings. The lowest BCUT2D eigenvalue weighted by atomic mass is 9.80. The fourth-order valence-corrected chi connectivity index (χ4v) is 1.72. The van der Waals surface area contributed by atoms with Gasteiger partial charge < -0.3 is 9.84 Å². The van der Waals surface area contributed by atoms with Crippen molar-refractivity contribution in [2.45, 2.75) is 40.2 Å². The molecule has 1 aromatic carbocycles. The van der Waals surface area contributed by atoms with Crippen LogP contribution in [0.15, 0.2) is 18.2 Å². The molecule has 0 aliphatic heterocycles. The van der Waals surface area contributed by atoms with Crippen LogP contribution < -0.4 is 4.74 Å². The standard InChI is InChI=1S/C14H22O2/c1-6-14(3,4)13(15)11-7-8-12(16-5)10(2)9-11/h7-9,13,15H,6H2,1-5H3.